The van der Waals surface area contributed by atoms with Crippen molar-refractivity contribution in [3.05, 3.63) is 35.4 Å². The zero-order chi connectivity index (χ0) is 12.3. The largest absolute Gasteiger partial charge is 0.377 e. The van der Waals surface area contributed by atoms with Crippen molar-refractivity contribution in [3.8, 4) is 0 Å². The predicted octanol–water partition coefficient (Wildman–Crippen LogP) is 1.41. The van der Waals surface area contributed by atoms with E-state index in [1.165, 1.54) is 6.07 Å². The van der Waals surface area contributed by atoms with E-state index in [1.807, 2.05) is 0 Å². The molecule has 0 atom stereocenters. The van der Waals surface area contributed by atoms with Crippen LogP contribution in [0.4, 0.5) is 8.78 Å². The molecule has 2 rings (SSSR count). The smallest absolute Gasteiger partial charge is 0.220 e. The molecule has 1 aliphatic heterocycles. The van der Waals surface area contributed by atoms with Gasteiger partial charge in [0.25, 0.3) is 0 Å². The van der Waals surface area contributed by atoms with Gasteiger partial charge in [-0.05, 0) is 24.1 Å². The zero-order valence-corrected chi connectivity index (χ0v) is 9.21. The van der Waals surface area contributed by atoms with Crippen molar-refractivity contribution >= 4 is 5.91 Å². The molecule has 5 heteroatoms. The van der Waals surface area contributed by atoms with Crippen molar-refractivity contribution in [2.75, 3.05) is 13.2 Å². The molecule has 1 aromatic carbocycles. The summed E-state index contributed by atoms with van der Waals surface area (Å²) in [4.78, 5) is 11.4. The van der Waals surface area contributed by atoms with Gasteiger partial charge in [0.05, 0.1) is 19.3 Å². The van der Waals surface area contributed by atoms with E-state index >= 15 is 0 Å². The van der Waals surface area contributed by atoms with E-state index in [2.05, 4.69) is 5.32 Å². The van der Waals surface area contributed by atoms with Gasteiger partial charge in [0.15, 0.2) is 11.6 Å². The van der Waals surface area contributed by atoms with E-state index in [4.69, 9.17) is 4.74 Å². The maximum Gasteiger partial charge on any atom is 0.220 e. The van der Waals surface area contributed by atoms with Crippen LogP contribution >= 0.6 is 0 Å². The van der Waals surface area contributed by atoms with Crippen molar-refractivity contribution in [2.45, 2.75) is 18.9 Å². The summed E-state index contributed by atoms with van der Waals surface area (Å²) in [6, 6.07) is 3.78. The Labute approximate surface area is 97.8 Å². The first-order chi connectivity index (χ1) is 8.15. The van der Waals surface area contributed by atoms with Gasteiger partial charge in [0.2, 0.25) is 5.91 Å². The molecule has 0 aromatic heterocycles. The average molecular weight is 241 g/mol. The maximum atomic E-state index is 12.9. The summed E-state index contributed by atoms with van der Waals surface area (Å²) in [5.74, 6) is -1.84. The normalized spacial score (nSPS) is 15.4. The lowest BCUT2D eigenvalue weighted by Gasteiger charge is -2.26. The minimum Gasteiger partial charge on any atom is -0.377 e. The number of amides is 1. The lowest BCUT2D eigenvalue weighted by atomic mass is 10.1. The summed E-state index contributed by atoms with van der Waals surface area (Å²) < 4.78 is 30.5. The van der Waals surface area contributed by atoms with Gasteiger partial charge in [-0.25, -0.2) is 8.78 Å². The molecule has 0 spiro atoms. The van der Waals surface area contributed by atoms with Crippen LogP contribution in [0, 0.1) is 11.6 Å². The number of carbonyl (C=O) groups is 1. The highest BCUT2D eigenvalue weighted by molar-refractivity contribution is 5.76. The standard InChI is InChI=1S/C12H13F2NO2/c13-10-3-1-8(5-11(10)14)2-4-12(16)15-9-6-17-7-9/h1,3,5,9H,2,4,6-7H2,(H,15,16). The summed E-state index contributed by atoms with van der Waals surface area (Å²) in [5, 5.41) is 2.78. The molecule has 0 radical (unpaired) electrons. The second-order valence-corrected chi connectivity index (χ2v) is 4.05. The molecule has 1 N–H and O–H groups in total. The van der Waals surface area contributed by atoms with Crippen molar-refractivity contribution in [3.63, 3.8) is 0 Å². The lowest BCUT2D eigenvalue weighted by Crippen LogP contribution is -2.48. The number of halogens is 2. The number of benzene rings is 1. The molecule has 0 bridgehead atoms. The van der Waals surface area contributed by atoms with Crippen LogP contribution in [0.2, 0.25) is 0 Å². The predicted molar refractivity (Wildman–Crippen MR) is 57.4 cm³/mol. The van der Waals surface area contributed by atoms with Crippen LogP contribution in [0.3, 0.4) is 0 Å². The van der Waals surface area contributed by atoms with Crippen LogP contribution < -0.4 is 5.32 Å². The van der Waals surface area contributed by atoms with E-state index in [1.54, 1.807) is 0 Å². The van der Waals surface area contributed by atoms with Crippen molar-refractivity contribution in [2.24, 2.45) is 0 Å². The second-order valence-electron chi connectivity index (χ2n) is 4.05. The number of carbonyl (C=O) groups excluding carboxylic acids is 1. The molecular formula is C12H13F2NO2. The molecule has 92 valence electrons. The minimum atomic E-state index is -0.879. The highest BCUT2D eigenvalue weighted by atomic mass is 19.2. The van der Waals surface area contributed by atoms with E-state index in [0.717, 1.165) is 12.1 Å². The molecule has 1 saturated heterocycles. The molecular weight excluding hydrogens is 228 g/mol. The first-order valence-corrected chi connectivity index (χ1v) is 5.46. The van der Waals surface area contributed by atoms with E-state index in [0.29, 0.717) is 25.2 Å². The van der Waals surface area contributed by atoms with Gasteiger partial charge in [0.1, 0.15) is 0 Å². The third kappa shape index (κ3) is 3.23. The topological polar surface area (TPSA) is 38.3 Å². The van der Waals surface area contributed by atoms with Gasteiger partial charge < -0.3 is 10.1 Å². The highest BCUT2D eigenvalue weighted by Crippen LogP contribution is 2.10. The third-order valence-corrected chi connectivity index (χ3v) is 2.63. The minimum absolute atomic E-state index is 0.0944. The molecule has 1 heterocycles. The Morgan fingerprint density at radius 3 is 2.71 bits per heavy atom. The summed E-state index contributed by atoms with van der Waals surface area (Å²) in [7, 11) is 0. The van der Waals surface area contributed by atoms with E-state index in [-0.39, 0.29) is 18.4 Å². The first kappa shape index (κ1) is 12.0. The lowest BCUT2D eigenvalue weighted by molar-refractivity contribution is -0.125. The van der Waals surface area contributed by atoms with Gasteiger partial charge in [-0.15, -0.1) is 0 Å². The van der Waals surface area contributed by atoms with Crippen molar-refractivity contribution in [1.82, 2.24) is 5.32 Å². The highest BCUT2D eigenvalue weighted by Gasteiger charge is 2.19. The molecule has 1 aliphatic rings. The van der Waals surface area contributed by atoms with Crippen molar-refractivity contribution < 1.29 is 18.3 Å². The molecule has 0 aliphatic carbocycles. The number of rotatable bonds is 4. The van der Waals surface area contributed by atoms with Crippen molar-refractivity contribution in [1.29, 1.82) is 0 Å². The molecule has 3 nitrogen and oxygen atoms in total. The summed E-state index contributed by atoms with van der Waals surface area (Å²) in [6.45, 7) is 1.10. The van der Waals surface area contributed by atoms with Crippen LogP contribution in [0.15, 0.2) is 18.2 Å². The van der Waals surface area contributed by atoms with Crippen LogP contribution in [0.5, 0.6) is 0 Å². The molecule has 1 fully saturated rings. The van der Waals surface area contributed by atoms with Gasteiger partial charge in [0, 0.05) is 6.42 Å². The first-order valence-electron chi connectivity index (χ1n) is 5.46. The van der Waals surface area contributed by atoms with E-state index < -0.39 is 11.6 Å². The van der Waals surface area contributed by atoms with Gasteiger partial charge >= 0.3 is 0 Å². The molecule has 0 unspecified atom stereocenters. The van der Waals surface area contributed by atoms with Crippen LogP contribution in [0.25, 0.3) is 0 Å². The van der Waals surface area contributed by atoms with Gasteiger partial charge in [-0.2, -0.15) is 0 Å². The fourth-order valence-corrected chi connectivity index (χ4v) is 1.57. The Bertz CT molecular complexity index is 419. The van der Waals surface area contributed by atoms with Crippen LogP contribution in [-0.2, 0) is 16.0 Å². The van der Waals surface area contributed by atoms with E-state index in [9.17, 15) is 13.6 Å². The van der Waals surface area contributed by atoms with Gasteiger partial charge in [-0.1, -0.05) is 6.07 Å². The SMILES string of the molecule is O=C(CCc1ccc(F)c(F)c1)NC1COC1. The molecule has 1 aromatic rings. The Kier molecular flexibility index (Phi) is 3.68. The Balaban J connectivity index is 1.80. The summed E-state index contributed by atoms with van der Waals surface area (Å²) >= 11 is 0. The fraction of sp³-hybridized carbons (Fsp3) is 0.417. The van der Waals surface area contributed by atoms with Crippen LogP contribution in [-0.4, -0.2) is 25.2 Å². The number of aryl methyl sites for hydroxylation is 1. The van der Waals surface area contributed by atoms with Crippen LogP contribution in [0.1, 0.15) is 12.0 Å². The Morgan fingerprint density at radius 2 is 2.12 bits per heavy atom. The number of hydrogen-bond donors (Lipinski definition) is 1. The fourth-order valence-electron chi connectivity index (χ4n) is 1.57. The quantitative estimate of drug-likeness (QED) is 0.865. The molecule has 17 heavy (non-hydrogen) atoms. The molecule has 0 saturated carbocycles. The number of hydrogen-bond acceptors (Lipinski definition) is 2. The monoisotopic (exact) mass is 241 g/mol. The van der Waals surface area contributed by atoms with Gasteiger partial charge in [-0.3, -0.25) is 4.79 Å². The Morgan fingerprint density at radius 1 is 1.35 bits per heavy atom. The second kappa shape index (κ2) is 5.23. The number of nitrogens with one attached hydrogen (secondary N) is 1. The summed E-state index contributed by atoms with van der Waals surface area (Å²) in [5.41, 5.74) is 0.615. The molecule has 1 amide bonds. The Hall–Kier alpha value is -1.49. The number of ether oxygens (including phenoxy) is 1. The third-order valence-electron chi connectivity index (χ3n) is 2.63. The summed E-state index contributed by atoms with van der Waals surface area (Å²) in [6.07, 6.45) is 0.665. The maximum absolute atomic E-state index is 12.9. The zero-order valence-electron chi connectivity index (χ0n) is 9.21. The average Bonchev–Trinajstić information content (AvgIpc) is 2.25.